The minimum absolute atomic E-state index is 0.131. The fourth-order valence-corrected chi connectivity index (χ4v) is 1.70. The van der Waals surface area contributed by atoms with Gasteiger partial charge in [0.2, 0.25) is 5.91 Å². The summed E-state index contributed by atoms with van der Waals surface area (Å²) in [7, 11) is 1.54. The van der Waals surface area contributed by atoms with Crippen LogP contribution in [-0.2, 0) is 4.79 Å². The Hall–Kier alpha value is -1.33. The SMILES string of the molecule is COc1cc(Cl)c(C)cc1NC(=S)NC(=O)C(C)C. The van der Waals surface area contributed by atoms with Crippen LogP contribution in [0.15, 0.2) is 12.1 Å². The number of rotatable bonds is 3. The molecular weight excluding hydrogens is 284 g/mol. The summed E-state index contributed by atoms with van der Waals surface area (Å²) < 4.78 is 5.22. The van der Waals surface area contributed by atoms with Crippen LogP contribution < -0.4 is 15.4 Å². The van der Waals surface area contributed by atoms with Crippen LogP contribution >= 0.6 is 23.8 Å². The van der Waals surface area contributed by atoms with E-state index in [1.54, 1.807) is 27.0 Å². The number of halogens is 1. The van der Waals surface area contributed by atoms with Crippen molar-refractivity contribution in [2.75, 3.05) is 12.4 Å². The Balaban J connectivity index is 2.84. The molecule has 4 nitrogen and oxygen atoms in total. The summed E-state index contributed by atoms with van der Waals surface area (Å²) >= 11 is 11.1. The van der Waals surface area contributed by atoms with Gasteiger partial charge in [0.1, 0.15) is 5.75 Å². The molecule has 19 heavy (non-hydrogen) atoms. The molecule has 0 saturated heterocycles. The maximum Gasteiger partial charge on any atom is 0.228 e. The van der Waals surface area contributed by atoms with Crippen molar-refractivity contribution in [2.45, 2.75) is 20.8 Å². The zero-order valence-corrected chi connectivity index (χ0v) is 12.9. The van der Waals surface area contributed by atoms with Gasteiger partial charge in [-0.25, -0.2) is 0 Å². The van der Waals surface area contributed by atoms with E-state index in [4.69, 9.17) is 28.6 Å². The third-order valence-corrected chi connectivity index (χ3v) is 3.10. The smallest absolute Gasteiger partial charge is 0.228 e. The van der Waals surface area contributed by atoms with Crippen molar-refractivity contribution >= 4 is 40.5 Å². The van der Waals surface area contributed by atoms with E-state index in [2.05, 4.69) is 10.6 Å². The van der Waals surface area contributed by atoms with Gasteiger partial charge in [0.15, 0.2) is 5.11 Å². The van der Waals surface area contributed by atoms with Crippen molar-refractivity contribution in [1.29, 1.82) is 0 Å². The zero-order valence-electron chi connectivity index (χ0n) is 11.3. The first kappa shape index (κ1) is 15.7. The molecule has 1 aromatic rings. The molecule has 0 bridgehead atoms. The number of amides is 1. The number of nitrogens with one attached hydrogen (secondary N) is 2. The van der Waals surface area contributed by atoms with E-state index < -0.39 is 0 Å². The molecule has 0 atom stereocenters. The van der Waals surface area contributed by atoms with Crippen molar-refractivity contribution in [3.8, 4) is 5.75 Å². The topological polar surface area (TPSA) is 50.4 Å². The lowest BCUT2D eigenvalue weighted by Gasteiger charge is -2.15. The molecular formula is C13H17ClN2O2S. The van der Waals surface area contributed by atoms with E-state index in [9.17, 15) is 4.79 Å². The molecule has 0 saturated carbocycles. The molecule has 0 spiro atoms. The first-order chi connectivity index (χ1) is 8.85. The van der Waals surface area contributed by atoms with Crippen molar-refractivity contribution in [3.05, 3.63) is 22.7 Å². The van der Waals surface area contributed by atoms with Crippen LogP contribution in [0.2, 0.25) is 5.02 Å². The number of methoxy groups -OCH3 is 1. The maximum absolute atomic E-state index is 11.5. The molecule has 0 aromatic heterocycles. The summed E-state index contributed by atoms with van der Waals surface area (Å²) in [5.41, 5.74) is 1.56. The summed E-state index contributed by atoms with van der Waals surface area (Å²) in [4.78, 5) is 11.5. The minimum atomic E-state index is -0.137. The van der Waals surface area contributed by atoms with E-state index in [1.165, 1.54) is 0 Å². The van der Waals surface area contributed by atoms with Crippen LogP contribution in [0.3, 0.4) is 0 Å². The van der Waals surface area contributed by atoms with Crippen LogP contribution in [0.25, 0.3) is 0 Å². The zero-order chi connectivity index (χ0) is 14.6. The molecule has 0 aliphatic carbocycles. The lowest BCUT2D eigenvalue weighted by Crippen LogP contribution is -2.36. The van der Waals surface area contributed by atoms with Gasteiger partial charge in [-0.05, 0) is 30.8 Å². The average Bonchev–Trinajstić information content (AvgIpc) is 2.33. The first-order valence-corrected chi connectivity index (χ1v) is 6.59. The lowest BCUT2D eigenvalue weighted by molar-refractivity contribution is -0.122. The second kappa shape index (κ2) is 6.73. The molecule has 1 amide bonds. The normalized spacial score (nSPS) is 10.2. The van der Waals surface area contributed by atoms with Gasteiger partial charge in [0.25, 0.3) is 0 Å². The largest absolute Gasteiger partial charge is 0.495 e. The van der Waals surface area contributed by atoms with E-state index in [0.717, 1.165) is 5.56 Å². The molecule has 0 aliphatic rings. The summed E-state index contributed by atoms with van der Waals surface area (Å²) in [5.74, 6) is 0.299. The Kier molecular flexibility index (Phi) is 5.57. The van der Waals surface area contributed by atoms with E-state index >= 15 is 0 Å². The number of ether oxygens (including phenoxy) is 1. The molecule has 0 unspecified atom stereocenters. The summed E-state index contributed by atoms with van der Waals surface area (Å²) in [6.45, 7) is 5.47. The minimum Gasteiger partial charge on any atom is -0.495 e. The Labute approximate surface area is 123 Å². The molecule has 0 fully saturated rings. The number of carbonyl (C=O) groups is 1. The fourth-order valence-electron chi connectivity index (χ4n) is 1.34. The summed E-state index contributed by atoms with van der Waals surface area (Å²) in [6.07, 6.45) is 0. The van der Waals surface area contributed by atoms with Gasteiger partial charge < -0.3 is 15.4 Å². The standard InChI is InChI=1S/C13H17ClN2O2S/c1-7(2)12(17)16-13(19)15-10-5-8(3)9(14)6-11(10)18-4/h5-7H,1-4H3,(H2,15,16,17,19). The van der Waals surface area contributed by atoms with E-state index in [-0.39, 0.29) is 16.9 Å². The summed E-state index contributed by atoms with van der Waals surface area (Å²) in [6, 6.07) is 3.51. The Bertz CT molecular complexity index is 504. The fraction of sp³-hybridized carbons (Fsp3) is 0.385. The van der Waals surface area contributed by atoms with E-state index in [0.29, 0.717) is 16.5 Å². The van der Waals surface area contributed by atoms with Gasteiger partial charge in [0, 0.05) is 17.0 Å². The third kappa shape index (κ3) is 4.36. The quantitative estimate of drug-likeness (QED) is 0.842. The van der Waals surface area contributed by atoms with Crippen LogP contribution in [0.1, 0.15) is 19.4 Å². The highest BCUT2D eigenvalue weighted by atomic mass is 35.5. The number of aryl methyl sites for hydroxylation is 1. The highest BCUT2D eigenvalue weighted by Gasteiger charge is 2.12. The van der Waals surface area contributed by atoms with Crippen molar-refractivity contribution < 1.29 is 9.53 Å². The van der Waals surface area contributed by atoms with Crippen LogP contribution in [-0.4, -0.2) is 18.1 Å². The second-order valence-electron chi connectivity index (χ2n) is 4.40. The number of anilines is 1. The molecule has 6 heteroatoms. The van der Waals surface area contributed by atoms with Crippen molar-refractivity contribution in [2.24, 2.45) is 5.92 Å². The van der Waals surface area contributed by atoms with Crippen molar-refractivity contribution in [3.63, 3.8) is 0 Å². The highest BCUT2D eigenvalue weighted by molar-refractivity contribution is 7.80. The van der Waals surface area contributed by atoms with Gasteiger partial charge in [0.05, 0.1) is 12.8 Å². The predicted molar refractivity (Wildman–Crippen MR) is 81.9 cm³/mol. The summed E-state index contributed by atoms with van der Waals surface area (Å²) in [5, 5.41) is 6.38. The maximum atomic E-state index is 11.5. The number of hydrogen-bond acceptors (Lipinski definition) is 3. The third-order valence-electron chi connectivity index (χ3n) is 2.49. The Morgan fingerprint density at radius 2 is 2.05 bits per heavy atom. The van der Waals surface area contributed by atoms with Crippen molar-refractivity contribution in [1.82, 2.24) is 5.32 Å². The van der Waals surface area contributed by atoms with Gasteiger partial charge in [-0.2, -0.15) is 0 Å². The highest BCUT2D eigenvalue weighted by Crippen LogP contribution is 2.30. The van der Waals surface area contributed by atoms with Gasteiger partial charge in [-0.1, -0.05) is 25.4 Å². The number of hydrogen-bond donors (Lipinski definition) is 2. The predicted octanol–water partition coefficient (Wildman–Crippen LogP) is 3.13. The molecule has 0 radical (unpaired) electrons. The first-order valence-electron chi connectivity index (χ1n) is 5.81. The van der Waals surface area contributed by atoms with Gasteiger partial charge >= 0.3 is 0 Å². The second-order valence-corrected chi connectivity index (χ2v) is 5.22. The monoisotopic (exact) mass is 300 g/mol. The van der Waals surface area contributed by atoms with E-state index in [1.807, 2.05) is 13.0 Å². The molecule has 0 heterocycles. The van der Waals surface area contributed by atoms with Crippen LogP contribution in [0.4, 0.5) is 5.69 Å². The number of carbonyl (C=O) groups excluding carboxylic acids is 1. The van der Waals surface area contributed by atoms with Gasteiger partial charge in [-0.3, -0.25) is 4.79 Å². The molecule has 1 aromatic carbocycles. The number of thiocarbonyl (C=S) groups is 1. The van der Waals surface area contributed by atoms with Crippen LogP contribution in [0.5, 0.6) is 5.75 Å². The Morgan fingerprint density at radius 1 is 1.42 bits per heavy atom. The molecule has 2 N–H and O–H groups in total. The van der Waals surface area contributed by atoms with Crippen LogP contribution in [0, 0.1) is 12.8 Å². The lowest BCUT2D eigenvalue weighted by atomic mass is 10.2. The Morgan fingerprint density at radius 3 is 2.58 bits per heavy atom. The average molecular weight is 301 g/mol. The van der Waals surface area contributed by atoms with Gasteiger partial charge in [-0.15, -0.1) is 0 Å². The number of benzene rings is 1. The molecule has 0 aliphatic heterocycles. The molecule has 1 rings (SSSR count). The molecule has 104 valence electrons.